The molecular formula is C15H22N4. The van der Waals surface area contributed by atoms with Crippen molar-refractivity contribution in [3.63, 3.8) is 0 Å². The molecular weight excluding hydrogens is 236 g/mol. The molecule has 0 aliphatic heterocycles. The van der Waals surface area contributed by atoms with Gasteiger partial charge in [0.05, 0.1) is 11.7 Å². The van der Waals surface area contributed by atoms with Crippen LogP contribution < -0.4 is 5.32 Å². The lowest BCUT2D eigenvalue weighted by Crippen LogP contribution is -2.30. The Labute approximate surface area is 114 Å². The van der Waals surface area contributed by atoms with Gasteiger partial charge < -0.3 is 10.3 Å². The second-order valence-corrected chi connectivity index (χ2v) is 5.00. The molecule has 0 bridgehead atoms. The Morgan fingerprint density at radius 2 is 1.95 bits per heavy atom. The molecule has 0 aliphatic rings. The summed E-state index contributed by atoms with van der Waals surface area (Å²) >= 11 is 0. The third kappa shape index (κ3) is 3.03. The summed E-state index contributed by atoms with van der Waals surface area (Å²) in [5.74, 6) is 0.941. The van der Waals surface area contributed by atoms with E-state index in [0.29, 0.717) is 0 Å². The number of rotatable bonds is 5. The SMILES string of the molecule is CNCC(c1nc(-c2ccccc2)[nH]c1C)N(C)C. The molecule has 19 heavy (non-hydrogen) atoms. The number of aromatic amines is 1. The Morgan fingerprint density at radius 1 is 1.26 bits per heavy atom. The fourth-order valence-corrected chi connectivity index (χ4v) is 2.25. The van der Waals surface area contributed by atoms with Gasteiger partial charge in [-0.25, -0.2) is 4.98 Å². The van der Waals surface area contributed by atoms with Crippen LogP contribution in [0.1, 0.15) is 17.4 Å². The van der Waals surface area contributed by atoms with Gasteiger partial charge in [0.2, 0.25) is 0 Å². The van der Waals surface area contributed by atoms with Crippen LogP contribution in [0.25, 0.3) is 11.4 Å². The van der Waals surface area contributed by atoms with Crippen LogP contribution in [0.15, 0.2) is 30.3 Å². The Bertz CT molecular complexity index is 516. The van der Waals surface area contributed by atoms with Gasteiger partial charge in [-0.3, -0.25) is 4.90 Å². The van der Waals surface area contributed by atoms with Gasteiger partial charge in [0.25, 0.3) is 0 Å². The average molecular weight is 258 g/mol. The molecule has 0 amide bonds. The largest absolute Gasteiger partial charge is 0.342 e. The fourth-order valence-electron chi connectivity index (χ4n) is 2.25. The zero-order valence-electron chi connectivity index (χ0n) is 12.1. The smallest absolute Gasteiger partial charge is 0.137 e. The van der Waals surface area contributed by atoms with Crippen LogP contribution in [0.5, 0.6) is 0 Å². The van der Waals surface area contributed by atoms with Crippen molar-refractivity contribution in [1.29, 1.82) is 0 Å². The van der Waals surface area contributed by atoms with Crippen molar-refractivity contribution in [2.24, 2.45) is 0 Å². The Morgan fingerprint density at radius 3 is 2.53 bits per heavy atom. The maximum atomic E-state index is 4.78. The predicted molar refractivity (Wildman–Crippen MR) is 79.1 cm³/mol. The molecule has 1 unspecified atom stereocenters. The Balaban J connectivity index is 2.35. The van der Waals surface area contributed by atoms with E-state index in [0.717, 1.165) is 29.3 Å². The molecule has 2 rings (SSSR count). The van der Waals surface area contributed by atoms with Gasteiger partial charge in [-0.05, 0) is 28.1 Å². The standard InChI is InChI=1S/C15H22N4/c1-11-14(13(10-16-2)19(3)4)18-15(17-11)12-8-6-5-7-9-12/h5-9,13,16H,10H2,1-4H3,(H,17,18). The maximum absolute atomic E-state index is 4.78. The van der Waals surface area contributed by atoms with Gasteiger partial charge >= 0.3 is 0 Å². The van der Waals surface area contributed by atoms with Crippen LogP contribution >= 0.6 is 0 Å². The molecule has 2 aromatic rings. The second kappa shape index (κ2) is 5.99. The summed E-state index contributed by atoms with van der Waals surface area (Å²) in [6.07, 6.45) is 0. The number of imidazole rings is 1. The monoisotopic (exact) mass is 258 g/mol. The summed E-state index contributed by atoms with van der Waals surface area (Å²) < 4.78 is 0. The first-order valence-electron chi connectivity index (χ1n) is 6.56. The summed E-state index contributed by atoms with van der Waals surface area (Å²) in [6, 6.07) is 10.5. The van der Waals surface area contributed by atoms with Gasteiger partial charge in [-0.1, -0.05) is 30.3 Å². The fraction of sp³-hybridized carbons (Fsp3) is 0.400. The van der Waals surface area contributed by atoms with Crippen LogP contribution in [0.4, 0.5) is 0 Å². The predicted octanol–water partition coefficient (Wildman–Crippen LogP) is 2.21. The number of H-pyrrole nitrogens is 1. The molecule has 0 spiro atoms. The van der Waals surface area contributed by atoms with Crippen molar-refractivity contribution in [3.8, 4) is 11.4 Å². The summed E-state index contributed by atoms with van der Waals surface area (Å²) in [4.78, 5) is 10.4. The topological polar surface area (TPSA) is 44.0 Å². The summed E-state index contributed by atoms with van der Waals surface area (Å²) in [6.45, 7) is 2.97. The number of hydrogen-bond acceptors (Lipinski definition) is 3. The highest BCUT2D eigenvalue weighted by Crippen LogP contribution is 2.23. The number of nitrogens with zero attached hydrogens (tertiary/aromatic N) is 2. The van der Waals surface area contributed by atoms with Crippen LogP contribution in [0.3, 0.4) is 0 Å². The van der Waals surface area contributed by atoms with E-state index in [1.165, 1.54) is 0 Å². The van der Waals surface area contributed by atoms with Crippen molar-refractivity contribution in [1.82, 2.24) is 20.2 Å². The summed E-state index contributed by atoms with van der Waals surface area (Å²) in [5, 5.41) is 3.23. The second-order valence-electron chi connectivity index (χ2n) is 5.00. The van der Waals surface area contributed by atoms with Crippen molar-refractivity contribution in [2.45, 2.75) is 13.0 Å². The number of aromatic nitrogens is 2. The quantitative estimate of drug-likeness (QED) is 0.864. The average Bonchev–Trinajstić information content (AvgIpc) is 2.78. The summed E-state index contributed by atoms with van der Waals surface area (Å²) in [7, 11) is 6.13. The maximum Gasteiger partial charge on any atom is 0.137 e. The van der Waals surface area contributed by atoms with Crippen LogP contribution in [-0.4, -0.2) is 42.6 Å². The lowest BCUT2D eigenvalue weighted by atomic mass is 10.1. The minimum atomic E-state index is 0.277. The molecule has 0 radical (unpaired) electrons. The number of benzene rings is 1. The lowest BCUT2D eigenvalue weighted by Gasteiger charge is -2.22. The van der Waals surface area contributed by atoms with E-state index >= 15 is 0 Å². The lowest BCUT2D eigenvalue weighted by molar-refractivity contribution is 0.288. The molecule has 4 heteroatoms. The Hall–Kier alpha value is -1.65. The normalized spacial score (nSPS) is 12.9. The zero-order chi connectivity index (χ0) is 13.8. The number of nitrogens with one attached hydrogen (secondary N) is 2. The molecule has 1 aromatic carbocycles. The first-order chi connectivity index (χ1) is 9.13. The molecule has 4 nitrogen and oxygen atoms in total. The number of hydrogen-bond donors (Lipinski definition) is 2. The first-order valence-corrected chi connectivity index (χ1v) is 6.56. The number of likely N-dealkylation sites (N-methyl/N-ethyl adjacent to an activating group) is 2. The van der Waals surface area contributed by atoms with Crippen molar-refractivity contribution < 1.29 is 0 Å². The Kier molecular flexibility index (Phi) is 4.35. The van der Waals surface area contributed by atoms with Crippen molar-refractivity contribution in [2.75, 3.05) is 27.7 Å². The molecule has 1 aromatic heterocycles. The van der Waals surface area contributed by atoms with Gasteiger partial charge in [0.15, 0.2) is 0 Å². The van der Waals surface area contributed by atoms with E-state index in [2.05, 4.69) is 48.4 Å². The van der Waals surface area contributed by atoms with E-state index in [-0.39, 0.29) is 6.04 Å². The molecule has 0 saturated carbocycles. The first kappa shape index (κ1) is 13.8. The molecule has 102 valence electrons. The van der Waals surface area contributed by atoms with Crippen LogP contribution in [-0.2, 0) is 0 Å². The molecule has 0 fully saturated rings. The molecule has 1 heterocycles. The molecule has 0 saturated heterocycles. The van der Waals surface area contributed by atoms with Crippen LogP contribution in [0.2, 0.25) is 0 Å². The molecule has 1 atom stereocenters. The van der Waals surface area contributed by atoms with Gasteiger partial charge in [-0.15, -0.1) is 0 Å². The van der Waals surface area contributed by atoms with E-state index in [1.54, 1.807) is 0 Å². The molecule has 0 aliphatic carbocycles. The molecule has 2 N–H and O–H groups in total. The highest BCUT2D eigenvalue weighted by Gasteiger charge is 2.19. The summed E-state index contributed by atoms with van der Waals surface area (Å²) in [5.41, 5.74) is 3.37. The third-order valence-corrected chi connectivity index (χ3v) is 3.31. The highest BCUT2D eigenvalue weighted by molar-refractivity contribution is 5.55. The van der Waals surface area contributed by atoms with Gasteiger partial charge in [0.1, 0.15) is 5.82 Å². The van der Waals surface area contributed by atoms with Gasteiger partial charge in [0, 0.05) is 17.8 Å². The van der Waals surface area contributed by atoms with E-state index in [1.807, 2.05) is 25.2 Å². The van der Waals surface area contributed by atoms with E-state index < -0.39 is 0 Å². The highest BCUT2D eigenvalue weighted by atomic mass is 15.1. The minimum Gasteiger partial charge on any atom is -0.342 e. The van der Waals surface area contributed by atoms with Crippen molar-refractivity contribution in [3.05, 3.63) is 41.7 Å². The van der Waals surface area contributed by atoms with E-state index in [4.69, 9.17) is 4.98 Å². The van der Waals surface area contributed by atoms with E-state index in [9.17, 15) is 0 Å². The van der Waals surface area contributed by atoms with Crippen LogP contribution in [0, 0.1) is 6.92 Å². The van der Waals surface area contributed by atoms with Crippen molar-refractivity contribution >= 4 is 0 Å². The third-order valence-electron chi connectivity index (χ3n) is 3.31. The minimum absolute atomic E-state index is 0.277. The van der Waals surface area contributed by atoms with Gasteiger partial charge in [-0.2, -0.15) is 0 Å². The zero-order valence-corrected chi connectivity index (χ0v) is 12.1. The number of aryl methyl sites for hydroxylation is 1.